The summed E-state index contributed by atoms with van der Waals surface area (Å²) in [6, 6.07) is 0. The van der Waals surface area contributed by atoms with E-state index < -0.39 is 0 Å². The number of nitrogens with two attached hydrogens (primary N) is 1. The zero-order valence-corrected chi connectivity index (χ0v) is 7.94. The van der Waals surface area contributed by atoms with Crippen molar-refractivity contribution in [2.75, 3.05) is 24.8 Å². The number of hydrogen-bond donors (Lipinski definition) is 1. The molecule has 0 saturated heterocycles. The van der Waals surface area contributed by atoms with E-state index >= 15 is 0 Å². The van der Waals surface area contributed by atoms with Crippen molar-refractivity contribution in [2.45, 2.75) is 0 Å². The van der Waals surface area contributed by atoms with Crippen molar-refractivity contribution in [3.05, 3.63) is 0 Å². The number of rotatable bonds is 4. The molecule has 0 bridgehead atoms. The van der Waals surface area contributed by atoms with E-state index in [1.807, 2.05) is 0 Å². The molecule has 0 saturated carbocycles. The van der Waals surface area contributed by atoms with Crippen LogP contribution in [0.3, 0.4) is 0 Å². The summed E-state index contributed by atoms with van der Waals surface area (Å²) < 4.78 is 0. The van der Waals surface area contributed by atoms with Gasteiger partial charge in [0.1, 0.15) is 0 Å². The third-order valence-electron chi connectivity index (χ3n) is 0.626. The molecule has 0 fully saturated rings. The Hall–Kier alpha value is 1.12. The highest BCUT2D eigenvalue weighted by Gasteiger charge is 1.83. The topological polar surface area (TPSA) is 16.6 Å². The van der Waals surface area contributed by atoms with Gasteiger partial charge in [-0.3, -0.25) is 0 Å². The molecule has 0 aliphatic heterocycles. The molecule has 0 heterocycles. The molecule has 0 aromatic rings. The summed E-state index contributed by atoms with van der Waals surface area (Å²) in [5, 5.41) is 2.10. The average molecular weight is 214 g/mol. The van der Waals surface area contributed by atoms with Crippen molar-refractivity contribution in [1.29, 1.82) is 0 Å². The summed E-state index contributed by atoms with van der Waals surface area (Å²) in [6.07, 6.45) is 0. The summed E-state index contributed by atoms with van der Waals surface area (Å²) in [7, 11) is 0. The summed E-state index contributed by atoms with van der Waals surface area (Å²) in [6.45, 7) is 1.96. The molecule has 2 N–H and O–H groups in total. The second kappa shape index (κ2) is 16.1. The summed E-state index contributed by atoms with van der Waals surface area (Å²) in [5.74, 6) is 1.44. The Morgan fingerprint density at radius 3 is 1.44 bits per heavy atom. The Bertz CT molecular complexity index is 31.7. The Morgan fingerprint density at radius 1 is 0.889 bits per heavy atom. The quantitative estimate of drug-likeness (QED) is 0.354. The van der Waals surface area contributed by atoms with Crippen molar-refractivity contribution in [2.24, 2.45) is 0 Å². The Balaban J connectivity index is -0.000000180. The van der Waals surface area contributed by atoms with Crippen molar-refractivity contribution in [1.82, 2.24) is 0 Å². The van der Waals surface area contributed by atoms with Gasteiger partial charge in [-0.15, -0.1) is 23.2 Å². The fraction of sp³-hybridized carbons (Fsp3) is 1.00. The molecule has 0 aromatic carbocycles. The van der Waals surface area contributed by atoms with Crippen LogP contribution in [0.2, 0.25) is 0 Å². The second-order valence-electron chi connectivity index (χ2n) is 1.24. The van der Waals surface area contributed by atoms with Crippen LogP contribution in [0, 0.1) is 0 Å². The average Bonchev–Trinajstić information content (AvgIpc) is 1.69. The Labute approximate surface area is 78.3 Å². The molecule has 0 aliphatic rings. The number of alkyl halides is 2. The van der Waals surface area contributed by atoms with Crippen LogP contribution in [-0.4, -0.2) is 24.8 Å². The maximum atomic E-state index is 5.36. The van der Waals surface area contributed by atoms with E-state index in [1.165, 1.54) is 0 Å². The van der Waals surface area contributed by atoms with Gasteiger partial charge < -0.3 is 30.1 Å². The Kier molecular flexibility index (Phi) is 29.6. The van der Waals surface area contributed by atoms with Crippen molar-refractivity contribution in [3.8, 4) is 0 Å². The van der Waals surface area contributed by atoms with E-state index in [9.17, 15) is 0 Å². The van der Waals surface area contributed by atoms with E-state index in [4.69, 9.17) is 23.2 Å². The maximum absolute atomic E-state index is 5.36. The van der Waals surface area contributed by atoms with Crippen LogP contribution in [0.25, 0.3) is 0 Å². The molecule has 1 nitrogen and oxygen atoms in total. The molecule has 0 spiro atoms. The molecule has 0 aliphatic carbocycles. The lowest BCUT2D eigenvalue weighted by Gasteiger charge is -1.90. The first kappa shape index (κ1) is 16.6. The zero-order valence-electron chi connectivity index (χ0n) is 4.92. The van der Waals surface area contributed by atoms with Gasteiger partial charge in [0.25, 0.3) is 0 Å². The smallest absolute Gasteiger partial charge is 0.0893 e. The molecular weight excluding hydrogens is 204 g/mol. The first-order valence-corrected chi connectivity index (χ1v) is 3.42. The minimum atomic E-state index is 0. The Morgan fingerprint density at radius 2 is 1.22 bits per heavy atom. The van der Waals surface area contributed by atoms with Gasteiger partial charge >= 0.3 is 0 Å². The van der Waals surface area contributed by atoms with E-state index in [2.05, 4.69) is 5.32 Å². The van der Waals surface area contributed by atoms with Gasteiger partial charge in [-0.2, -0.15) is 0 Å². The maximum Gasteiger partial charge on any atom is 0.0893 e. The zero-order chi connectivity index (χ0) is 5.54. The van der Waals surface area contributed by atoms with Gasteiger partial charge in [-0.25, -0.2) is 0 Å². The monoisotopic (exact) mass is 212 g/mol. The van der Waals surface area contributed by atoms with E-state index in [-0.39, 0.29) is 24.8 Å². The summed E-state index contributed by atoms with van der Waals surface area (Å²) in [5.41, 5.74) is 0. The summed E-state index contributed by atoms with van der Waals surface area (Å²) in [4.78, 5) is 0. The fourth-order valence-electron chi connectivity index (χ4n) is 0.299. The molecule has 60 valence electrons. The molecule has 0 amide bonds. The van der Waals surface area contributed by atoms with Crippen molar-refractivity contribution >= 4 is 23.2 Å². The normalized spacial score (nSPS) is 7.33. The molecular formula is C4H10Cl4N-. The van der Waals surface area contributed by atoms with Crippen LogP contribution in [0.4, 0.5) is 0 Å². The van der Waals surface area contributed by atoms with Gasteiger partial charge in [0.15, 0.2) is 0 Å². The van der Waals surface area contributed by atoms with Gasteiger partial charge in [0.05, 0.1) is 24.8 Å². The van der Waals surface area contributed by atoms with Gasteiger partial charge in [-0.1, -0.05) is 0 Å². The van der Waals surface area contributed by atoms with Crippen molar-refractivity contribution < 1.29 is 30.1 Å². The number of quaternary nitrogens is 1. The van der Waals surface area contributed by atoms with Crippen LogP contribution < -0.4 is 30.1 Å². The minimum absolute atomic E-state index is 0. The lowest BCUT2D eigenvalue weighted by Crippen LogP contribution is -3.00. The molecule has 0 atom stereocenters. The van der Waals surface area contributed by atoms with Crippen LogP contribution in [0.5, 0.6) is 0 Å². The highest BCUT2D eigenvalue weighted by atomic mass is 35.5. The fourth-order valence-corrected chi connectivity index (χ4v) is 0.607. The third-order valence-corrected chi connectivity index (χ3v) is 1.06. The van der Waals surface area contributed by atoms with Gasteiger partial charge in [-0.05, 0) is 0 Å². The van der Waals surface area contributed by atoms with Crippen LogP contribution in [-0.2, 0) is 0 Å². The standard InChI is InChI=1S/C4H9Cl2N.2ClH/c5-1-3-7-4-2-6;;/h7H,1-4H2;2*1H/p-1. The number of hydrogen-bond acceptors (Lipinski definition) is 0. The van der Waals surface area contributed by atoms with Gasteiger partial charge in [0.2, 0.25) is 0 Å². The van der Waals surface area contributed by atoms with E-state index in [0.29, 0.717) is 0 Å². The summed E-state index contributed by atoms with van der Waals surface area (Å²) >= 11 is 10.7. The first-order chi connectivity index (χ1) is 3.41. The second-order valence-corrected chi connectivity index (χ2v) is 2.00. The third kappa shape index (κ3) is 17.6. The molecule has 0 rings (SSSR count). The minimum Gasteiger partial charge on any atom is -1.00 e. The van der Waals surface area contributed by atoms with Crippen LogP contribution >= 0.6 is 23.2 Å². The highest BCUT2D eigenvalue weighted by molar-refractivity contribution is 6.18. The lowest BCUT2D eigenvalue weighted by molar-refractivity contribution is -0.646. The van der Waals surface area contributed by atoms with E-state index in [0.717, 1.165) is 24.8 Å². The molecule has 0 radical (unpaired) electrons. The predicted octanol–water partition coefficient (Wildman–Crippen LogP) is -5.96. The van der Waals surface area contributed by atoms with Crippen LogP contribution in [0.1, 0.15) is 0 Å². The van der Waals surface area contributed by atoms with Gasteiger partial charge in [0, 0.05) is 0 Å². The lowest BCUT2D eigenvalue weighted by atomic mass is 10.7. The van der Waals surface area contributed by atoms with E-state index in [1.54, 1.807) is 0 Å². The molecule has 0 aromatic heterocycles. The molecule has 9 heavy (non-hydrogen) atoms. The largest absolute Gasteiger partial charge is 1.00 e. The highest BCUT2D eigenvalue weighted by Crippen LogP contribution is 1.64. The predicted molar refractivity (Wildman–Crippen MR) is 33.1 cm³/mol. The molecule has 0 unspecified atom stereocenters. The SMILES string of the molecule is ClCC[NH2+]CCCl.[Cl-].[Cl-]. The van der Waals surface area contributed by atoms with Crippen molar-refractivity contribution in [3.63, 3.8) is 0 Å². The molecule has 5 heteroatoms. The first-order valence-electron chi connectivity index (χ1n) is 2.35. The van der Waals surface area contributed by atoms with Crippen LogP contribution in [0.15, 0.2) is 0 Å². The number of halogens is 4.